The molecule has 3 aromatic rings. The molecule has 4 nitrogen and oxygen atoms in total. The predicted octanol–water partition coefficient (Wildman–Crippen LogP) is 4.07. The molecule has 1 N–H and O–H groups in total. The van der Waals surface area contributed by atoms with Crippen LogP contribution in [0.15, 0.2) is 59.1 Å². The van der Waals surface area contributed by atoms with E-state index in [0.717, 1.165) is 23.4 Å². The molecule has 2 aromatic carbocycles. The summed E-state index contributed by atoms with van der Waals surface area (Å²) in [6, 6.07) is 16.7. The zero-order chi connectivity index (χ0) is 16.4. The van der Waals surface area contributed by atoms with Gasteiger partial charge in [0.2, 0.25) is 0 Å². The molecule has 0 spiro atoms. The molecule has 24 heavy (non-hydrogen) atoms. The Morgan fingerprint density at radius 3 is 2.79 bits per heavy atom. The van der Waals surface area contributed by atoms with Crippen molar-refractivity contribution in [1.82, 2.24) is 4.98 Å². The van der Waals surface area contributed by atoms with Crippen molar-refractivity contribution in [3.63, 3.8) is 0 Å². The second-order valence-electron chi connectivity index (χ2n) is 6.08. The molecule has 0 radical (unpaired) electrons. The molecule has 1 aliphatic carbocycles. The molecule has 1 aromatic heterocycles. The molecule has 0 saturated carbocycles. The van der Waals surface area contributed by atoms with Crippen molar-refractivity contribution < 1.29 is 9.21 Å². The van der Waals surface area contributed by atoms with Crippen molar-refractivity contribution in [2.75, 3.05) is 5.32 Å². The first kappa shape index (κ1) is 14.7. The fraction of sp³-hybridized carbons (Fsp3) is 0.200. The molecule has 0 saturated heterocycles. The van der Waals surface area contributed by atoms with Crippen molar-refractivity contribution in [2.45, 2.75) is 25.7 Å². The van der Waals surface area contributed by atoms with Crippen LogP contribution >= 0.6 is 0 Å². The summed E-state index contributed by atoms with van der Waals surface area (Å²) in [6.45, 7) is 0. The number of anilines is 2. The molecule has 4 rings (SSSR count). The Balaban J connectivity index is 1.54. The van der Waals surface area contributed by atoms with E-state index in [-0.39, 0.29) is 5.78 Å². The fourth-order valence-electron chi connectivity index (χ4n) is 3.11. The maximum Gasteiger partial charge on any atom is 0.299 e. The van der Waals surface area contributed by atoms with Gasteiger partial charge in [0.15, 0.2) is 0 Å². The summed E-state index contributed by atoms with van der Waals surface area (Å²) in [5, 5.41) is 3.23. The van der Waals surface area contributed by atoms with Crippen LogP contribution in [0.1, 0.15) is 28.9 Å². The van der Waals surface area contributed by atoms with Crippen LogP contribution in [0, 0.1) is 0 Å². The van der Waals surface area contributed by atoms with Crippen LogP contribution in [0.25, 0.3) is 0 Å². The Morgan fingerprint density at radius 2 is 1.92 bits per heavy atom. The number of rotatable bonds is 4. The first-order valence-corrected chi connectivity index (χ1v) is 8.16. The van der Waals surface area contributed by atoms with Crippen molar-refractivity contribution in [3.05, 3.63) is 77.2 Å². The zero-order valence-corrected chi connectivity index (χ0v) is 13.3. The van der Waals surface area contributed by atoms with Crippen LogP contribution in [0.5, 0.6) is 0 Å². The number of benzene rings is 2. The van der Waals surface area contributed by atoms with E-state index in [1.165, 1.54) is 11.1 Å². The molecular weight excluding hydrogens is 300 g/mol. The van der Waals surface area contributed by atoms with Crippen molar-refractivity contribution >= 4 is 17.5 Å². The topological polar surface area (TPSA) is 55.1 Å². The number of Topliss-reactive ketones (excluding diaryl/α,β-unsaturated/α-hetero) is 1. The first-order valence-electron chi connectivity index (χ1n) is 8.16. The number of aromatic nitrogens is 1. The second-order valence-corrected chi connectivity index (χ2v) is 6.08. The van der Waals surface area contributed by atoms with Gasteiger partial charge in [-0.2, -0.15) is 0 Å². The van der Waals surface area contributed by atoms with E-state index >= 15 is 0 Å². The minimum atomic E-state index is 0.286. The van der Waals surface area contributed by atoms with E-state index in [0.29, 0.717) is 25.3 Å². The lowest BCUT2D eigenvalue weighted by molar-refractivity contribution is -0.118. The van der Waals surface area contributed by atoms with Crippen LogP contribution < -0.4 is 5.32 Å². The summed E-state index contributed by atoms with van der Waals surface area (Å²) in [6.07, 6.45) is 4.39. The molecular formula is C20H18N2O2. The van der Waals surface area contributed by atoms with E-state index in [1.54, 1.807) is 6.20 Å². The summed E-state index contributed by atoms with van der Waals surface area (Å²) in [4.78, 5) is 16.1. The standard InChI is InChI=1S/C20H18N2O2/c23-16-10-9-15-7-4-8-19(18(15)12-16)22-20-21-13-17(24-20)11-14-5-2-1-3-6-14/h1-8,13H,9-12H2,(H,21,22). The summed E-state index contributed by atoms with van der Waals surface area (Å²) < 4.78 is 5.80. The smallest absolute Gasteiger partial charge is 0.299 e. The number of hydrogen-bond acceptors (Lipinski definition) is 4. The summed E-state index contributed by atoms with van der Waals surface area (Å²) in [7, 11) is 0. The third kappa shape index (κ3) is 3.08. The van der Waals surface area contributed by atoms with Crippen molar-refractivity contribution in [1.29, 1.82) is 0 Å². The fourth-order valence-corrected chi connectivity index (χ4v) is 3.11. The number of hydrogen-bond donors (Lipinski definition) is 1. The molecule has 0 atom stereocenters. The molecule has 0 unspecified atom stereocenters. The largest absolute Gasteiger partial charge is 0.428 e. The highest BCUT2D eigenvalue weighted by Crippen LogP contribution is 2.29. The number of aryl methyl sites for hydroxylation is 1. The Morgan fingerprint density at radius 1 is 1.04 bits per heavy atom. The third-order valence-corrected chi connectivity index (χ3v) is 4.34. The van der Waals surface area contributed by atoms with Gasteiger partial charge in [-0.05, 0) is 29.2 Å². The summed E-state index contributed by atoms with van der Waals surface area (Å²) in [5.41, 5.74) is 4.39. The lowest BCUT2D eigenvalue weighted by Gasteiger charge is -2.18. The highest BCUT2D eigenvalue weighted by molar-refractivity contribution is 5.85. The normalized spacial score (nSPS) is 13.6. The van der Waals surface area contributed by atoms with Gasteiger partial charge in [-0.15, -0.1) is 0 Å². The minimum Gasteiger partial charge on any atom is -0.428 e. The van der Waals surface area contributed by atoms with Gasteiger partial charge in [-0.25, -0.2) is 4.98 Å². The average Bonchev–Trinajstić information content (AvgIpc) is 3.03. The lowest BCUT2D eigenvalue weighted by atomic mass is 9.89. The Kier molecular flexibility index (Phi) is 3.87. The Bertz CT molecular complexity index is 868. The van der Waals surface area contributed by atoms with E-state index in [4.69, 9.17) is 4.42 Å². The molecule has 0 amide bonds. The minimum absolute atomic E-state index is 0.286. The average molecular weight is 318 g/mol. The van der Waals surface area contributed by atoms with Gasteiger partial charge in [-0.3, -0.25) is 4.79 Å². The Hall–Kier alpha value is -2.88. The number of nitrogens with zero attached hydrogens (tertiary/aromatic N) is 1. The highest BCUT2D eigenvalue weighted by Gasteiger charge is 2.19. The van der Waals surface area contributed by atoms with Crippen LogP contribution in [-0.2, 0) is 24.1 Å². The monoisotopic (exact) mass is 318 g/mol. The van der Waals surface area contributed by atoms with E-state index in [1.807, 2.05) is 30.3 Å². The molecule has 0 fully saturated rings. The third-order valence-electron chi connectivity index (χ3n) is 4.34. The Labute approximate surface area is 140 Å². The predicted molar refractivity (Wildman–Crippen MR) is 92.5 cm³/mol. The van der Waals surface area contributed by atoms with Crippen LogP contribution in [0.4, 0.5) is 11.7 Å². The molecule has 1 aliphatic rings. The van der Waals surface area contributed by atoms with Gasteiger partial charge in [0, 0.05) is 24.9 Å². The van der Waals surface area contributed by atoms with E-state index in [9.17, 15) is 4.79 Å². The van der Waals surface area contributed by atoms with Crippen molar-refractivity contribution in [2.24, 2.45) is 0 Å². The van der Waals surface area contributed by atoms with Crippen LogP contribution in [-0.4, -0.2) is 10.8 Å². The summed E-state index contributed by atoms with van der Waals surface area (Å²) >= 11 is 0. The number of carbonyl (C=O) groups excluding carboxylic acids is 1. The maximum atomic E-state index is 11.8. The number of fused-ring (bicyclic) bond motifs is 1. The van der Waals surface area contributed by atoms with E-state index < -0.39 is 0 Å². The molecule has 120 valence electrons. The highest BCUT2D eigenvalue weighted by atomic mass is 16.4. The van der Waals surface area contributed by atoms with Gasteiger partial charge in [0.05, 0.1) is 6.20 Å². The quantitative estimate of drug-likeness (QED) is 0.788. The van der Waals surface area contributed by atoms with Crippen molar-refractivity contribution in [3.8, 4) is 0 Å². The summed E-state index contributed by atoms with van der Waals surface area (Å²) in [5.74, 6) is 1.10. The van der Waals surface area contributed by atoms with E-state index in [2.05, 4.69) is 28.5 Å². The molecule has 1 heterocycles. The van der Waals surface area contributed by atoms with Gasteiger partial charge < -0.3 is 9.73 Å². The van der Waals surface area contributed by atoms with Crippen LogP contribution in [0.2, 0.25) is 0 Å². The zero-order valence-electron chi connectivity index (χ0n) is 13.3. The van der Waals surface area contributed by atoms with Gasteiger partial charge >= 0.3 is 0 Å². The molecule has 4 heteroatoms. The van der Waals surface area contributed by atoms with Gasteiger partial charge in [-0.1, -0.05) is 42.5 Å². The molecule has 0 aliphatic heterocycles. The first-order chi connectivity index (χ1) is 11.8. The number of oxazole rings is 1. The SMILES string of the molecule is O=C1CCc2cccc(Nc3ncc(Cc4ccccc4)o3)c2C1. The number of ketones is 1. The van der Waals surface area contributed by atoms with Gasteiger partial charge in [0.1, 0.15) is 11.5 Å². The second kappa shape index (κ2) is 6.32. The molecule has 0 bridgehead atoms. The lowest BCUT2D eigenvalue weighted by Crippen LogP contribution is -2.14. The number of nitrogens with one attached hydrogen (secondary N) is 1. The van der Waals surface area contributed by atoms with Gasteiger partial charge in [0.25, 0.3) is 6.01 Å². The number of carbonyl (C=O) groups is 1. The maximum absolute atomic E-state index is 11.8. The van der Waals surface area contributed by atoms with Crippen LogP contribution in [0.3, 0.4) is 0 Å².